The van der Waals surface area contributed by atoms with Gasteiger partial charge in [0, 0.05) is 12.8 Å². The van der Waals surface area contributed by atoms with Gasteiger partial charge in [-0.1, -0.05) is 27.7 Å². The van der Waals surface area contributed by atoms with Gasteiger partial charge in [-0.25, -0.2) is 0 Å². The molecule has 9 nitrogen and oxygen atoms in total. The van der Waals surface area contributed by atoms with Crippen LogP contribution in [0.15, 0.2) is 0 Å². The van der Waals surface area contributed by atoms with Gasteiger partial charge in [-0.3, -0.25) is 4.79 Å². The number of hydrogen-bond donors (Lipinski definition) is 3. The molecule has 36 heavy (non-hydrogen) atoms. The number of rotatable bonds is 10. The number of ether oxygens (including phenoxy) is 5. The van der Waals surface area contributed by atoms with Gasteiger partial charge in [0.1, 0.15) is 30.5 Å². The second-order valence-electron chi connectivity index (χ2n) is 12.4. The molecule has 0 aliphatic carbocycles. The van der Waals surface area contributed by atoms with Crippen LogP contribution in [-0.4, -0.2) is 95.5 Å². The van der Waals surface area contributed by atoms with Gasteiger partial charge < -0.3 is 39.0 Å². The third-order valence-corrected chi connectivity index (χ3v) is 7.47. The van der Waals surface area contributed by atoms with Crippen molar-refractivity contribution in [3.05, 3.63) is 0 Å². The van der Waals surface area contributed by atoms with Crippen molar-refractivity contribution in [1.82, 2.24) is 0 Å². The lowest BCUT2D eigenvalue weighted by Crippen LogP contribution is -2.61. The minimum absolute atomic E-state index is 0.0487. The molecular weight excluding hydrogens is 468 g/mol. The van der Waals surface area contributed by atoms with Crippen LogP contribution in [0.2, 0.25) is 0 Å². The molecule has 0 radical (unpaired) electrons. The molecule has 3 heterocycles. The molecule has 3 aliphatic heterocycles. The predicted octanol–water partition coefficient (Wildman–Crippen LogP) is 2.22. The van der Waals surface area contributed by atoms with Crippen LogP contribution in [0.5, 0.6) is 0 Å². The van der Waals surface area contributed by atoms with Gasteiger partial charge in [0.2, 0.25) is 0 Å². The zero-order chi connectivity index (χ0) is 26.8. The van der Waals surface area contributed by atoms with Crippen LogP contribution in [-0.2, 0) is 28.5 Å². The second kappa shape index (κ2) is 12.4. The quantitative estimate of drug-likeness (QED) is 0.375. The first-order valence-corrected chi connectivity index (χ1v) is 13.6. The zero-order valence-electron chi connectivity index (χ0n) is 23.0. The molecule has 0 saturated carbocycles. The van der Waals surface area contributed by atoms with Crippen molar-refractivity contribution in [2.75, 3.05) is 13.2 Å². The lowest BCUT2D eigenvalue weighted by molar-refractivity contribution is -0.263. The summed E-state index contributed by atoms with van der Waals surface area (Å²) in [6.07, 6.45) is -2.92. The Morgan fingerprint density at radius 2 is 1.67 bits per heavy atom. The van der Waals surface area contributed by atoms with Crippen LogP contribution in [0.25, 0.3) is 0 Å². The van der Waals surface area contributed by atoms with Gasteiger partial charge in [-0.05, 0) is 45.4 Å². The Bertz CT molecular complexity index is 698. The van der Waals surface area contributed by atoms with Gasteiger partial charge >= 0.3 is 5.97 Å². The number of carbonyl (C=O) groups excluding carboxylic acids is 1. The van der Waals surface area contributed by atoms with Crippen LogP contribution in [0.4, 0.5) is 0 Å². The summed E-state index contributed by atoms with van der Waals surface area (Å²) in [5.41, 5.74) is -0.552. The van der Waals surface area contributed by atoms with E-state index in [0.29, 0.717) is 12.8 Å². The zero-order valence-corrected chi connectivity index (χ0v) is 23.0. The lowest BCUT2D eigenvalue weighted by atomic mass is 9.87. The molecule has 3 fully saturated rings. The fraction of sp³-hybridized carbons (Fsp3) is 0.963. The van der Waals surface area contributed by atoms with E-state index in [1.807, 2.05) is 20.8 Å². The molecule has 3 aliphatic rings. The molecule has 3 saturated heterocycles. The highest BCUT2D eigenvalue weighted by Gasteiger charge is 2.58. The minimum atomic E-state index is -0.950. The Morgan fingerprint density at radius 1 is 1.00 bits per heavy atom. The van der Waals surface area contributed by atoms with Crippen molar-refractivity contribution < 1.29 is 43.8 Å². The maximum atomic E-state index is 12.0. The molecule has 0 aromatic rings. The normalized spacial score (nSPS) is 35.7. The Labute approximate surface area is 215 Å². The van der Waals surface area contributed by atoms with E-state index in [1.165, 1.54) is 0 Å². The Morgan fingerprint density at radius 3 is 2.25 bits per heavy atom. The highest BCUT2D eigenvalue weighted by molar-refractivity contribution is 5.75. The number of aliphatic hydroxyl groups excluding tert-OH is 3. The lowest BCUT2D eigenvalue weighted by Gasteiger charge is -2.47. The average molecular weight is 517 g/mol. The van der Waals surface area contributed by atoms with Crippen molar-refractivity contribution in [1.29, 1.82) is 0 Å². The van der Waals surface area contributed by atoms with Crippen LogP contribution in [0, 0.1) is 17.3 Å². The van der Waals surface area contributed by atoms with Crippen molar-refractivity contribution >= 4 is 5.97 Å². The highest BCUT2D eigenvalue weighted by Crippen LogP contribution is 2.42. The standard InChI is InChI=1S/C27H48O9/c1-14(2)21(15(3)4)36-23-19(12-16(29)13-28)35-24-20(30)22-18(34-25(23)24)9-8-17(33-22)10-11-32-26(31)27(5,6)7/h14-25,28-30H,8-13H2,1-7H3/t16-,17-,18+,19-,20-,22+,23+,24+,25+/m1/s1. The van der Waals surface area contributed by atoms with E-state index < -0.39 is 48.1 Å². The van der Waals surface area contributed by atoms with Crippen molar-refractivity contribution in [2.45, 2.75) is 135 Å². The van der Waals surface area contributed by atoms with Gasteiger partial charge in [0.25, 0.3) is 0 Å². The fourth-order valence-corrected chi connectivity index (χ4v) is 5.59. The number of carbonyl (C=O) groups is 1. The topological polar surface area (TPSA) is 124 Å². The van der Waals surface area contributed by atoms with E-state index in [9.17, 15) is 20.1 Å². The molecule has 210 valence electrons. The van der Waals surface area contributed by atoms with Crippen LogP contribution < -0.4 is 0 Å². The second-order valence-corrected chi connectivity index (χ2v) is 12.4. The van der Waals surface area contributed by atoms with Gasteiger partial charge in [0.15, 0.2) is 0 Å². The Kier molecular flexibility index (Phi) is 10.2. The molecule has 0 aromatic carbocycles. The first-order valence-electron chi connectivity index (χ1n) is 13.6. The third kappa shape index (κ3) is 6.98. The number of aliphatic hydroxyl groups is 3. The van der Waals surface area contributed by atoms with Gasteiger partial charge in [-0.2, -0.15) is 0 Å². The van der Waals surface area contributed by atoms with Crippen molar-refractivity contribution in [2.24, 2.45) is 17.3 Å². The molecular formula is C27H48O9. The van der Waals surface area contributed by atoms with Crippen LogP contribution in [0.3, 0.4) is 0 Å². The molecule has 3 N–H and O–H groups in total. The average Bonchev–Trinajstić information content (AvgIpc) is 3.13. The third-order valence-electron chi connectivity index (χ3n) is 7.47. The summed E-state index contributed by atoms with van der Waals surface area (Å²) in [5.74, 6) is 0.280. The summed E-state index contributed by atoms with van der Waals surface area (Å²) in [6, 6.07) is 0. The largest absolute Gasteiger partial charge is 0.465 e. The maximum Gasteiger partial charge on any atom is 0.311 e. The van der Waals surface area contributed by atoms with E-state index >= 15 is 0 Å². The van der Waals surface area contributed by atoms with Crippen molar-refractivity contribution in [3.63, 3.8) is 0 Å². The number of hydrogen-bond acceptors (Lipinski definition) is 9. The smallest absolute Gasteiger partial charge is 0.311 e. The summed E-state index contributed by atoms with van der Waals surface area (Å²) < 4.78 is 30.9. The molecule has 9 heteroatoms. The summed E-state index contributed by atoms with van der Waals surface area (Å²) in [7, 11) is 0. The van der Waals surface area contributed by atoms with E-state index in [2.05, 4.69) is 27.7 Å². The molecule has 3 rings (SSSR count). The first kappa shape index (κ1) is 29.7. The first-order chi connectivity index (χ1) is 16.8. The maximum absolute atomic E-state index is 12.0. The summed E-state index contributed by atoms with van der Waals surface area (Å²) >= 11 is 0. The molecule has 9 atom stereocenters. The molecule has 0 spiro atoms. The van der Waals surface area contributed by atoms with Gasteiger partial charge in [-0.15, -0.1) is 0 Å². The Hall–Kier alpha value is -0.810. The molecule has 0 bridgehead atoms. The van der Waals surface area contributed by atoms with Crippen LogP contribution >= 0.6 is 0 Å². The number of fused-ring (bicyclic) bond motifs is 2. The molecule has 0 unspecified atom stereocenters. The minimum Gasteiger partial charge on any atom is -0.465 e. The summed E-state index contributed by atoms with van der Waals surface area (Å²) in [6.45, 7) is 13.8. The van der Waals surface area contributed by atoms with E-state index in [4.69, 9.17) is 23.7 Å². The summed E-state index contributed by atoms with van der Waals surface area (Å²) in [5, 5.41) is 30.9. The summed E-state index contributed by atoms with van der Waals surface area (Å²) in [4.78, 5) is 12.0. The SMILES string of the molecule is CC(C)C(O[C@@H]1[C@@H]2O[C@H]3CC[C@H](CCOC(=O)C(C)(C)C)O[C@@H]3[C@@H](O)[C@@H]2O[C@@H]1C[C@@H](O)CO)C(C)C. The van der Waals surface area contributed by atoms with Gasteiger partial charge in [0.05, 0.1) is 49.1 Å². The van der Waals surface area contributed by atoms with Crippen molar-refractivity contribution in [3.8, 4) is 0 Å². The Balaban J connectivity index is 1.67. The molecule has 0 amide bonds. The monoisotopic (exact) mass is 516 g/mol. The molecule has 0 aromatic heterocycles. The predicted molar refractivity (Wildman–Crippen MR) is 132 cm³/mol. The number of esters is 1. The van der Waals surface area contributed by atoms with Crippen LogP contribution in [0.1, 0.15) is 74.1 Å². The fourth-order valence-electron chi connectivity index (χ4n) is 5.59. The van der Waals surface area contributed by atoms with E-state index in [1.54, 1.807) is 0 Å². The van der Waals surface area contributed by atoms with E-state index in [0.717, 1.165) is 6.42 Å². The highest BCUT2D eigenvalue weighted by atomic mass is 16.6. The van der Waals surface area contributed by atoms with E-state index in [-0.39, 0.29) is 55.8 Å².